The fraction of sp³-hybridized carbons (Fsp3) is 0.241. The van der Waals surface area contributed by atoms with E-state index in [1.165, 1.54) is 11.5 Å². The monoisotopic (exact) mass is 537 g/mol. The highest BCUT2D eigenvalue weighted by atomic mass is 35.5. The van der Waals surface area contributed by atoms with Gasteiger partial charge in [0.2, 0.25) is 0 Å². The van der Waals surface area contributed by atoms with Gasteiger partial charge in [-0.3, -0.25) is 14.3 Å². The third-order valence-corrected chi connectivity index (χ3v) is 7.35. The third kappa shape index (κ3) is 4.09. The molecule has 0 bridgehead atoms. The highest BCUT2D eigenvalue weighted by molar-refractivity contribution is 6.31. The smallest absolute Gasteiger partial charge is 0.279 e. The molecular formula is C29H26Cl2FN3O2. The van der Waals surface area contributed by atoms with E-state index in [-0.39, 0.29) is 11.6 Å². The number of carbonyl (C=O) groups excluding carboxylic acids is 1. The second-order valence-electron chi connectivity index (χ2n) is 9.27. The van der Waals surface area contributed by atoms with Crippen molar-refractivity contribution in [2.75, 3.05) is 12.0 Å². The Morgan fingerprint density at radius 2 is 1.68 bits per heavy atom. The van der Waals surface area contributed by atoms with Crippen LogP contribution in [0.15, 0.2) is 54.6 Å². The number of methoxy groups -OCH3 is 1. The highest BCUT2D eigenvalue weighted by Gasteiger charge is 2.46. The standard InChI is InChI=1S/C29H26Cl2FN3O2/c1-15-9-10-20(31)14-22(15)35-26(21-12-11-19(30)13-17(21)3)27-25(29(35)36)33-28(34(27)18(4)32)24-16(2)7-6-8-23(24)37-5/h6-14,18,26H,1-5H3. The molecule has 1 aliphatic rings. The Hall–Kier alpha value is -3.35. The Balaban J connectivity index is 1.85. The lowest BCUT2D eigenvalue weighted by Crippen LogP contribution is -2.31. The van der Waals surface area contributed by atoms with Crippen LogP contribution in [0.4, 0.5) is 10.1 Å². The van der Waals surface area contributed by atoms with Crippen molar-refractivity contribution in [2.24, 2.45) is 0 Å². The van der Waals surface area contributed by atoms with Crippen molar-refractivity contribution in [3.63, 3.8) is 0 Å². The summed E-state index contributed by atoms with van der Waals surface area (Å²) in [7, 11) is 1.56. The molecule has 4 aromatic rings. The van der Waals surface area contributed by atoms with E-state index in [0.717, 1.165) is 22.3 Å². The van der Waals surface area contributed by atoms with Gasteiger partial charge in [0.25, 0.3) is 5.91 Å². The molecule has 0 saturated carbocycles. The zero-order valence-electron chi connectivity index (χ0n) is 21.1. The zero-order valence-corrected chi connectivity index (χ0v) is 22.7. The number of benzene rings is 3. The minimum atomic E-state index is -1.47. The van der Waals surface area contributed by atoms with Gasteiger partial charge in [0.1, 0.15) is 17.6 Å². The molecule has 5 nitrogen and oxygen atoms in total. The van der Waals surface area contributed by atoms with Gasteiger partial charge < -0.3 is 4.74 Å². The molecular weight excluding hydrogens is 512 g/mol. The molecule has 0 N–H and O–H groups in total. The minimum absolute atomic E-state index is 0.198. The second kappa shape index (κ2) is 9.51. The maximum absolute atomic E-state index is 15.6. The number of carbonyl (C=O) groups is 1. The molecule has 8 heteroatoms. The Morgan fingerprint density at radius 1 is 0.973 bits per heavy atom. The lowest BCUT2D eigenvalue weighted by molar-refractivity contribution is 0.0989. The molecule has 2 unspecified atom stereocenters. The number of alkyl halides is 1. The normalized spacial score (nSPS) is 15.7. The van der Waals surface area contributed by atoms with Crippen LogP contribution in [0.25, 0.3) is 11.4 Å². The number of imidazole rings is 1. The van der Waals surface area contributed by atoms with Crippen LogP contribution < -0.4 is 9.64 Å². The van der Waals surface area contributed by atoms with Crippen molar-refractivity contribution in [3.8, 4) is 17.1 Å². The average molecular weight is 538 g/mol. The molecule has 0 radical (unpaired) electrons. The summed E-state index contributed by atoms with van der Waals surface area (Å²) in [5, 5.41) is 1.07. The van der Waals surface area contributed by atoms with Crippen LogP contribution in [0.5, 0.6) is 5.75 Å². The van der Waals surface area contributed by atoms with Gasteiger partial charge in [-0.2, -0.15) is 0 Å². The van der Waals surface area contributed by atoms with Crippen LogP contribution in [0.3, 0.4) is 0 Å². The van der Waals surface area contributed by atoms with E-state index in [1.807, 2.05) is 51.1 Å². The van der Waals surface area contributed by atoms with Crippen molar-refractivity contribution in [3.05, 3.63) is 98.3 Å². The number of hydrogen-bond donors (Lipinski definition) is 0. The maximum atomic E-state index is 15.6. The summed E-state index contributed by atoms with van der Waals surface area (Å²) in [6.45, 7) is 7.20. The lowest BCUT2D eigenvalue weighted by Gasteiger charge is -2.30. The van der Waals surface area contributed by atoms with Crippen LogP contribution >= 0.6 is 23.2 Å². The molecule has 5 rings (SSSR count). The summed E-state index contributed by atoms with van der Waals surface area (Å²) in [6.07, 6.45) is -1.47. The molecule has 2 atom stereocenters. The lowest BCUT2D eigenvalue weighted by atomic mass is 9.97. The largest absolute Gasteiger partial charge is 0.496 e. The number of fused-ring (bicyclic) bond motifs is 1. The predicted octanol–water partition coefficient (Wildman–Crippen LogP) is 8.03. The van der Waals surface area contributed by atoms with Gasteiger partial charge in [0.05, 0.1) is 18.4 Å². The Bertz CT molecular complexity index is 1550. The van der Waals surface area contributed by atoms with Crippen LogP contribution in [0.1, 0.15) is 57.7 Å². The second-order valence-corrected chi connectivity index (χ2v) is 10.1. The first-order valence-electron chi connectivity index (χ1n) is 11.9. The number of anilines is 1. The van der Waals surface area contributed by atoms with E-state index in [0.29, 0.717) is 38.6 Å². The number of aromatic nitrogens is 2. The van der Waals surface area contributed by atoms with Gasteiger partial charge in [-0.1, -0.05) is 47.5 Å². The SMILES string of the molecule is COc1cccc(C)c1-c1nc2c(n1C(C)F)C(c1ccc(Cl)cc1C)N(c1cc(Cl)ccc1C)C2=O. The topological polar surface area (TPSA) is 47.4 Å². The quantitative estimate of drug-likeness (QED) is 0.259. The number of nitrogens with zero attached hydrogens (tertiary/aromatic N) is 3. The molecule has 3 aromatic carbocycles. The maximum Gasteiger partial charge on any atom is 0.279 e. The van der Waals surface area contributed by atoms with Gasteiger partial charge >= 0.3 is 0 Å². The van der Waals surface area contributed by atoms with E-state index in [9.17, 15) is 4.79 Å². The van der Waals surface area contributed by atoms with Crippen molar-refractivity contribution in [1.29, 1.82) is 0 Å². The Morgan fingerprint density at radius 3 is 2.35 bits per heavy atom. The molecule has 1 aliphatic heterocycles. The summed E-state index contributed by atoms with van der Waals surface area (Å²) >= 11 is 12.6. The average Bonchev–Trinajstić information content (AvgIpc) is 3.35. The third-order valence-electron chi connectivity index (χ3n) is 6.88. The van der Waals surface area contributed by atoms with E-state index >= 15 is 4.39 Å². The van der Waals surface area contributed by atoms with E-state index in [4.69, 9.17) is 32.9 Å². The van der Waals surface area contributed by atoms with E-state index < -0.39 is 12.3 Å². The summed E-state index contributed by atoms with van der Waals surface area (Å²) in [5.74, 6) is 0.579. The van der Waals surface area contributed by atoms with Gasteiger partial charge in [0, 0.05) is 15.7 Å². The first-order valence-corrected chi connectivity index (χ1v) is 12.7. The minimum Gasteiger partial charge on any atom is -0.496 e. The number of hydrogen-bond acceptors (Lipinski definition) is 3. The molecule has 0 spiro atoms. The molecule has 0 fully saturated rings. The zero-order chi connectivity index (χ0) is 26.6. The Labute approximate surface area is 225 Å². The van der Waals surface area contributed by atoms with Gasteiger partial charge in [-0.05, 0) is 80.3 Å². The van der Waals surface area contributed by atoms with Gasteiger partial charge in [-0.25, -0.2) is 9.37 Å². The molecule has 190 valence electrons. The van der Waals surface area contributed by atoms with Crippen LogP contribution in [0.2, 0.25) is 10.0 Å². The number of amides is 1. The molecule has 0 aliphatic carbocycles. The molecule has 37 heavy (non-hydrogen) atoms. The summed E-state index contributed by atoms with van der Waals surface area (Å²) in [4.78, 5) is 20.5. The summed E-state index contributed by atoms with van der Waals surface area (Å²) < 4.78 is 22.7. The first-order chi connectivity index (χ1) is 17.6. The van der Waals surface area contributed by atoms with Gasteiger partial charge in [0.15, 0.2) is 12.0 Å². The highest BCUT2D eigenvalue weighted by Crippen LogP contribution is 2.48. The van der Waals surface area contributed by atoms with Crippen molar-refractivity contribution in [1.82, 2.24) is 9.55 Å². The van der Waals surface area contributed by atoms with Crippen LogP contribution in [-0.4, -0.2) is 22.6 Å². The molecule has 0 saturated heterocycles. The summed E-state index contributed by atoms with van der Waals surface area (Å²) in [6, 6.07) is 15.8. The number of aryl methyl sites for hydroxylation is 3. The van der Waals surface area contributed by atoms with Crippen LogP contribution in [0, 0.1) is 20.8 Å². The van der Waals surface area contributed by atoms with Crippen molar-refractivity contribution in [2.45, 2.75) is 40.0 Å². The number of ether oxygens (including phenoxy) is 1. The fourth-order valence-electron chi connectivity index (χ4n) is 5.17. The molecule has 2 heterocycles. The molecule has 1 aromatic heterocycles. The van der Waals surface area contributed by atoms with Crippen LogP contribution in [-0.2, 0) is 0 Å². The van der Waals surface area contributed by atoms with Crippen molar-refractivity contribution < 1.29 is 13.9 Å². The first kappa shape index (κ1) is 25.3. The van der Waals surface area contributed by atoms with Gasteiger partial charge in [-0.15, -0.1) is 0 Å². The predicted molar refractivity (Wildman–Crippen MR) is 146 cm³/mol. The number of halogens is 3. The molecule has 1 amide bonds. The number of rotatable bonds is 5. The summed E-state index contributed by atoms with van der Waals surface area (Å²) in [5.41, 5.74) is 5.38. The van der Waals surface area contributed by atoms with Crippen molar-refractivity contribution >= 4 is 34.8 Å². The van der Waals surface area contributed by atoms with E-state index in [1.54, 1.807) is 36.3 Å². The van der Waals surface area contributed by atoms with E-state index in [2.05, 4.69) is 0 Å². The Kier molecular flexibility index (Phi) is 6.50. The fourth-order valence-corrected chi connectivity index (χ4v) is 5.57.